The van der Waals surface area contributed by atoms with Crippen molar-refractivity contribution in [2.45, 2.75) is 37.6 Å². The number of nitrogens with one attached hydrogen (secondary N) is 1. The summed E-state index contributed by atoms with van der Waals surface area (Å²) >= 11 is 0. The molecule has 0 radical (unpaired) electrons. The second-order valence-electron chi connectivity index (χ2n) is 5.01. The van der Waals surface area contributed by atoms with Gasteiger partial charge in [-0.1, -0.05) is 0 Å². The Kier molecular flexibility index (Phi) is 4.10. The Morgan fingerprint density at radius 2 is 2.16 bits per heavy atom. The largest absolute Gasteiger partial charge is 0.370 e. The van der Waals surface area contributed by atoms with Crippen molar-refractivity contribution in [2.75, 3.05) is 18.9 Å². The van der Waals surface area contributed by atoms with E-state index in [0.717, 1.165) is 19.4 Å². The lowest BCUT2D eigenvalue weighted by Crippen LogP contribution is -2.36. The van der Waals surface area contributed by atoms with Crippen molar-refractivity contribution in [3.05, 3.63) is 18.3 Å². The van der Waals surface area contributed by atoms with Crippen molar-refractivity contribution in [3.63, 3.8) is 0 Å². The van der Waals surface area contributed by atoms with E-state index in [0.29, 0.717) is 11.7 Å². The molecular weight excluding hydrogens is 262 g/mol. The number of aromatic nitrogens is 1. The van der Waals surface area contributed by atoms with Crippen molar-refractivity contribution in [1.82, 2.24) is 9.29 Å². The second-order valence-corrected chi connectivity index (χ2v) is 7.01. The van der Waals surface area contributed by atoms with E-state index in [2.05, 4.69) is 10.3 Å². The monoisotopic (exact) mass is 283 g/mol. The third-order valence-corrected chi connectivity index (χ3v) is 5.58. The summed E-state index contributed by atoms with van der Waals surface area (Å²) in [5.41, 5.74) is 0. The Morgan fingerprint density at radius 3 is 2.63 bits per heavy atom. The molecule has 1 aliphatic rings. The van der Waals surface area contributed by atoms with Crippen LogP contribution in [0, 0.1) is 5.92 Å². The molecule has 0 aromatic carbocycles. The van der Waals surface area contributed by atoms with Gasteiger partial charge in [0.25, 0.3) is 0 Å². The van der Waals surface area contributed by atoms with E-state index in [1.165, 1.54) is 10.5 Å². The summed E-state index contributed by atoms with van der Waals surface area (Å²) in [6, 6.07) is 3.36. The van der Waals surface area contributed by atoms with E-state index in [-0.39, 0.29) is 10.9 Å². The van der Waals surface area contributed by atoms with Crippen molar-refractivity contribution in [3.8, 4) is 0 Å². The lowest BCUT2D eigenvalue weighted by molar-refractivity contribution is 0.357. The SMILES string of the molecule is CCNc1ccc(S(=O)(=O)N(C)C(C)C2CC2)cn1. The normalized spacial score (nSPS) is 17.5. The summed E-state index contributed by atoms with van der Waals surface area (Å²) < 4.78 is 26.3. The molecule has 1 aromatic heterocycles. The van der Waals surface area contributed by atoms with E-state index < -0.39 is 10.0 Å². The van der Waals surface area contributed by atoms with E-state index in [9.17, 15) is 8.42 Å². The molecule has 1 N–H and O–H groups in total. The topological polar surface area (TPSA) is 62.3 Å². The van der Waals surface area contributed by atoms with E-state index in [1.807, 2.05) is 13.8 Å². The number of hydrogen-bond donors (Lipinski definition) is 1. The van der Waals surface area contributed by atoms with Crippen LogP contribution in [0.5, 0.6) is 0 Å². The highest BCUT2D eigenvalue weighted by atomic mass is 32.2. The summed E-state index contributed by atoms with van der Waals surface area (Å²) in [7, 11) is -1.78. The summed E-state index contributed by atoms with van der Waals surface area (Å²) in [6.07, 6.45) is 3.67. The second kappa shape index (κ2) is 5.46. The maximum absolute atomic E-state index is 12.4. The van der Waals surface area contributed by atoms with E-state index >= 15 is 0 Å². The fourth-order valence-electron chi connectivity index (χ4n) is 2.08. The molecule has 1 unspecified atom stereocenters. The molecule has 1 aromatic rings. The van der Waals surface area contributed by atoms with Crippen LogP contribution < -0.4 is 5.32 Å². The Labute approximate surface area is 115 Å². The van der Waals surface area contributed by atoms with Gasteiger partial charge in [-0.25, -0.2) is 13.4 Å². The van der Waals surface area contributed by atoms with Crippen molar-refractivity contribution < 1.29 is 8.42 Å². The lowest BCUT2D eigenvalue weighted by Gasteiger charge is -2.24. The highest BCUT2D eigenvalue weighted by molar-refractivity contribution is 7.89. The van der Waals surface area contributed by atoms with Crippen molar-refractivity contribution in [2.24, 2.45) is 5.92 Å². The number of nitrogens with zero attached hydrogens (tertiary/aromatic N) is 2. The van der Waals surface area contributed by atoms with Crippen LogP contribution in [0.1, 0.15) is 26.7 Å². The smallest absolute Gasteiger partial charge is 0.244 e. The van der Waals surface area contributed by atoms with Crippen LogP contribution in [0.25, 0.3) is 0 Å². The predicted octanol–water partition coefficient (Wildman–Crippen LogP) is 1.93. The van der Waals surface area contributed by atoms with Crippen LogP contribution in [0.3, 0.4) is 0 Å². The Hall–Kier alpha value is -1.14. The minimum atomic E-state index is -3.43. The molecule has 0 spiro atoms. The first kappa shape index (κ1) is 14.3. The van der Waals surface area contributed by atoms with Crippen LogP contribution in [-0.4, -0.2) is 37.3 Å². The van der Waals surface area contributed by atoms with Crippen LogP contribution in [0.15, 0.2) is 23.2 Å². The van der Waals surface area contributed by atoms with Gasteiger partial charge in [-0.15, -0.1) is 0 Å². The minimum Gasteiger partial charge on any atom is -0.370 e. The lowest BCUT2D eigenvalue weighted by atomic mass is 10.2. The molecule has 0 aliphatic heterocycles. The molecule has 0 amide bonds. The Morgan fingerprint density at radius 1 is 1.47 bits per heavy atom. The van der Waals surface area contributed by atoms with Gasteiger partial charge in [-0.3, -0.25) is 0 Å². The van der Waals surface area contributed by atoms with Gasteiger partial charge in [0.05, 0.1) is 0 Å². The maximum Gasteiger partial charge on any atom is 0.244 e. The van der Waals surface area contributed by atoms with Crippen LogP contribution in [-0.2, 0) is 10.0 Å². The summed E-state index contributed by atoms with van der Waals surface area (Å²) in [6.45, 7) is 4.70. The van der Waals surface area contributed by atoms with E-state index in [1.54, 1.807) is 19.2 Å². The van der Waals surface area contributed by atoms with Gasteiger partial charge in [0.15, 0.2) is 0 Å². The molecule has 2 rings (SSSR count). The molecule has 1 fully saturated rings. The van der Waals surface area contributed by atoms with Crippen molar-refractivity contribution in [1.29, 1.82) is 0 Å². The minimum absolute atomic E-state index is 0.0541. The molecule has 1 saturated carbocycles. The third-order valence-electron chi connectivity index (χ3n) is 3.65. The Balaban J connectivity index is 2.18. The fraction of sp³-hybridized carbons (Fsp3) is 0.615. The number of anilines is 1. The molecule has 0 bridgehead atoms. The highest BCUT2D eigenvalue weighted by Crippen LogP contribution is 2.36. The zero-order chi connectivity index (χ0) is 14.0. The molecule has 5 nitrogen and oxygen atoms in total. The van der Waals surface area contributed by atoms with Gasteiger partial charge in [-0.2, -0.15) is 4.31 Å². The Bertz CT molecular complexity index is 523. The predicted molar refractivity (Wildman–Crippen MR) is 75.5 cm³/mol. The average Bonchev–Trinajstić information content (AvgIpc) is 3.22. The quantitative estimate of drug-likeness (QED) is 0.866. The highest BCUT2D eigenvalue weighted by Gasteiger charge is 2.36. The van der Waals surface area contributed by atoms with Gasteiger partial charge in [-0.05, 0) is 44.7 Å². The van der Waals surface area contributed by atoms with Gasteiger partial charge >= 0.3 is 0 Å². The van der Waals surface area contributed by atoms with E-state index in [4.69, 9.17) is 0 Å². The molecule has 1 heterocycles. The first-order valence-electron chi connectivity index (χ1n) is 6.64. The number of pyridine rings is 1. The summed E-state index contributed by atoms with van der Waals surface area (Å²) in [5.74, 6) is 1.20. The van der Waals surface area contributed by atoms with Gasteiger partial charge in [0.1, 0.15) is 10.7 Å². The molecule has 6 heteroatoms. The molecule has 0 saturated heterocycles. The maximum atomic E-state index is 12.4. The third kappa shape index (κ3) is 3.06. The summed E-state index contributed by atoms with van der Waals surface area (Å²) in [5, 5.41) is 3.05. The number of sulfonamides is 1. The number of hydrogen-bond acceptors (Lipinski definition) is 4. The molecular formula is C13H21N3O2S. The molecule has 106 valence electrons. The van der Waals surface area contributed by atoms with Crippen LogP contribution in [0.2, 0.25) is 0 Å². The first-order valence-corrected chi connectivity index (χ1v) is 8.08. The van der Waals surface area contributed by atoms with Gasteiger partial charge in [0.2, 0.25) is 10.0 Å². The van der Waals surface area contributed by atoms with Crippen LogP contribution in [0.4, 0.5) is 5.82 Å². The zero-order valence-corrected chi connectivity index (χ0v) is 12.4. The van der Waals surface area contributed by atoms with Gasteiger partial charge < -0.3 is 5.32 Å². The summed E-state index contributed by atoms with van der Waals surface area (Å²) in [4.78, 5) is 4.37. The average molecular weight is 283 g/mol. The fourth-order valence-corrected chi connectivity index (χ4v) is 3.45. The van der Waals surface area contributed by atoms with Crippen molar-refractivity contribution >= 4 is 15.8 Å². The van der Waals surface area contributed by atoms with Crippen LogP contribution >= 0.6 is 0 Å². The zero-order valence-electron chi connectivity index (χ0n) is 11.6. The molecule has 19 heavy (non-hydrogen) atoms. The first-order chi connectivity index (χ1) is 8.96. The number of rotatable bonds is 6. The molecule has 1 aliphatic carbocycles. The van der Waals surface area contributed by atoms with Gasteiger partial charge in [0, 0.05) is 25.8 Å². The standard InChI is InChI=1S/C13H21N3O2S/c1-4-14-13-8-7-12(9-15-13)19(17,18)16(3)10(2)11-5-6-11/h7-11H,4-6H2,1-3H3,(H,14,15). The molecule has 1 atom stereocenters.